The number of nitrogens with one attached hydrogen (secondary N) is 1. The standard InChI is InChI=1S/C24H30N2O3/c1-18(2)29-22-8-3-6-19(16-22)7-4-14-25-24(28)21-12-10-20(11-13-21)17-26-15-5-9-23(26)27/h3,6,8,10-13,16,18H,4-5,7,9,14-15,17H2,1-2H3,(H,25,28). The van der Waals surface area contributed by atoms with Gasteiger partial charge in [-0.05, 0) is 68.5 Å². The van der Waals surface area contributed by atoms with Crippen LogP contribution in [0, 0.1) is 0 Å². The summed E-state index contributed by atoms with van der Waals surface area (Å²) >= 11 is 0. The minimum absolute atomic E-state index is 0.0642. The number of likely N-dealkylation sites (tertiary alicyclic amines) is 1. The van der Waals surface area contributed by atoms with Crippen LogP contribution in [0.1, 0.15) is 54.6 Å². The number of hydrogen-bond acceptors (Lipinski definition) is 3. The molecule has 154 valence electrons. The normalized spacial score (nSPS) is 13.8. The van der Waals surface area contributed by atoms with Crippen molar-refractivity contribution in [1.29, 1.82) is 0 Å². The molecule has 1 N–H and O–H groups in total. The zero-order chi connectivity index (χ0) is 20.6. The molecular formula is C24H30N2O3. The number of hydrogen-bond donors (Lipinski definition) is 1. The fraction of sp³-hybridized carbons (Fsp3) is 0.417. The lowest BCUT2D eigenvalue weighted by Gasteiger charge is -2.15. The van der Waals surface area contributed by atoms with Crippen LogP contribution in [0.3, 0.4) is 0 Å². The number of amides is 2. The Kier molecular flexibility index (Phi) is 7.28. The molecule has 1 aliphatic heterocycles. The molecule has 0 aromatic heterocycles. The van der Waals surface area contributed by atoms with E-state index in [0.29, 0.717) is 25.1 Å². The summed E-state index contributed by atoms with van der Waals surface area (Å²) in [6.07, 6.45) is 3.50. The molecule has 1 heterocycles. The van der Waals surface area contributed by atoms with E-state index in [9.17, 15) is 9.59 Å². The summed E-state index contributed by atoms with van der Waals surface area (Å²) in [4.78, 5) is 25.9. The van der Waals surface area contributed by atoms with Crippen molar-refractivity contribution in [2.24, 2.45) is 0 Å². The Morgan fingerprint density at radius 2 is 1.93 bits per heavy atom. The molecule has 0 atom stereocenters. The van der Waals surface area contributed by atoms with Crippen molar-refractivity contribution in [1.82, 2.24) is 10.2 Å². The lowest BCUT2D eigenvalue weighted by molar-refractivity contribution is -0.128. The number of benzene rings is 2. The molecule has 5 heteroatoms. The summed E-state index contributed by atoms with van der Waals surface area (Å²) in [5.41, 5.74) is 2.91. The maximum Gasteiger partial charge on any atom is 0.251 e. The summed E-state index contributed by atoms with van der Waals surface area (Å²) < 4.78 is 5.72. The maximum atomic E-state index is 12.3. The molecule has 1 saturated heterocycles. The van der Waals surface area contributed by atoms with Crippen LogP contribution < -0.4 is 10.1 Å². The average Bonchev–Trinajstić information content (AvgIpc) is 3.10. The second kappa shape index (κ2) is 10.1. The van der Waals surface area contributed by atoms with Crippen molar-refractivity contribution in [3.63, 3.8) is 0 Å². The van der Waals surface area contributed by atoms with Gasteiger partial charge in [0, 0.05) is 31.6 Å². The number of nitrogens with zero attached hydrogens (tertiary/aromatic N) is 1. The van der Waals surface area contributed by atoms with Crippen LogP contribution in [0.15, 0.2) is 48.5 Å². The molecule has 0 bridgehead atoms. The van der Waals surface area contributed by atoms with Crippen LogP contribution in [0.2, 0.25) is 0 Å². The van der Waals surface area contributed by atoms with Crippen LogP contribution >= 0.6 is 0 Å². The Bertz CT molecular complexity index is 830. The van der Waals surface area contributed by atoms with Crippen LogP contribution in [0.25, 0.3) is 0 Å². The number of carbonyl (C=O) groups is 2. The van der Waals surface area contributed by atoms with Gasteiger partial charge in [-0.1, -0.05) is 24.3 Å². The van der Waals surface area contributed by atoms with Crippen LogP contribution in [-0.4, -0.2) is 35.9 Å². The highest BCUT2D eigenvalue weighted by Gasteiger charge is 2.19. The summed E-state index contributed by atoms with van der Waals surface area (Å²) in [6, 6.07) is 15.6. The highest BCUT2D eigenvalue weighted by Crippen LogP contribution is 2.16. The maximum absolute atomic E-state index is 12.3. The molecule has 0 saturated carbocycles. The quantitative estimate of drug-likeness (QED) is 0.655. The van der Waals surface area contributed by atoms with Gasteiger partial charge in [-0.3, -0.25) is 9.59 Å². The van der Waals surface area contributed by atoms with E-state index in [2.05, 4.69) is 17.4 Å². The minimum atomic E-state index is -0.0642. The summed E-state index contributed by atoms with van der Waals surface area (Å²) in [7, 11) is 0. The molecule has 1 fully saturated rings. The number of ether oxygens (including phenoxy) is 1. The van der Waals surface area contributed by atoms with Gasteiger partial charge in [-0.25, -0.2) is 0 Å². The lowest BCUT2D eigenvalue weighted by atomic mass is 10.1. The van der Waals surface area contributed by atoms with Crippen molar-refractivity contribution >= 4 is 11.8 Å². The van der Waals surface area contributed by atoms with Crippen LogP contribution in [0.5, 0.6) is 5.75 Å². The molecule has 2 amide bonds. The third-order valence-electron chi connectivity index (χ3n) is 4.96. The molecular weight excluding hydrogens is 364 g/mol. The molecule has 2 aromatic rings. The predicted octanol–water partition coefficient (Wildman–Crippen LogP) is 3.96. The lowest BCUT2D eigenvalue weighted by Crippen LogP contribution is -2.25. The first-order valence-corrected chi connectivity index (χ1v) is 10.4. The van der Waals surface area contributed by atoms with Gasteiger partial charge in [0.2, 0.25) is 5.91 Å². The molecule has 29 heavy (non-hydrogen) atoms. The van der Waals surface area contributed by atoms with Crippen molar-refractivity contribution in [3.8, 4) is 5.75 Å². The van der Waals surface area contributed by atoms with E-state index in [1.54, 1.807) is 0 Å². The SMILES string of the molecule is CC(C)Oc1cccc(CCCNC(=O)c2ccc(CN3CCCC3=O)cc2)c1. The van der Waals surface area contributed by atoms with Crippen molar-refractivity contribution in [2.75, 3.05) is 13.1 Å². The van der Waals surface area contributed by atoms with Gasteiger partial charge in [-0.2, -0.15) is 0 Å². The highest BCUT2D eigenvalue weighted by molar-refractivity contribution is 5.94. The molecule has 0 spiro atoms. The largest absolute Gasteiger partial charge is 0.491 e. The van der Waals surface area contributed by atoms with E-state index in [4.69, 9.17) is 4.74 Å². The summed E-state index contributed by atoms with van der Waals surface area (Å²) in [6.45, 7) is 6.10. The molecule has 3 rings (SSSR count). The molecule has 1 aliphatic rings. The topological polar surface area (TPSA) is 58.6 Å². The zero-order valence-electron chi connectivity index (χ0n) is 17.3. The Balaban J connectivity index is 1.42. The molecule has 0 unspecified atom stereocenters. The molecule has 0 aliphatic carbocycles. The van der Waals surface area contributed by atoms with Crippen molar-refractivity contribution in [2.45, 2.75) is 52.2 Å². The van der Waals surface area contributed by atoms with Gasteiger partial charge in [0.05, 0.1) is 6.10 Å². The van der Waals surface area contributed by atoms with Crippen molar-refractivity contribution < 1.29 is 14.3 Å². The molecule has 0 radical (unpaired) electrons. The van der Waals surface area contributed by atoms with Gasteiger partial charge in [0.15, 0.2) is 0 Å². The van der Waals surface area contributed by atoms with Gasteiger partial charge < -0.3 is 15.0 Å². The number of rotatable bonds is 9. The fourth-order valence-corrected chi connectivity index (χ4v) is 3.50. The summed E-state index contributed by atoms with van der Waals surface area (Å²) in [5.74, 6) is 1.04. The third kappa shape index (κ3) is 6.34. The first-order valence-electron chi connectivity index (χ1n) is 10.4. The Labute approximate surface area is 173 Å². The van der Waals surface area contributed by atoms with E-state index in [1.165, 1.54) is 5.56 Å². The van der Waals surface area contributed by atoms with Crippen LogP contribution in [0.4, 0.5) is 0 Å². The van der Waals surface area contributed by atoms with Gasteiger partial charge in [-0.15, -0.1) is 0 Å². The smallest absolute Gasteiger partial charge is 0.251 e. The zero-order valence-corrected chi connectivity index (χ0v) is 17.3. The molecule has 5 nitrogen and oxygen atoms in total. The average molecular weight is 395 g/mol. The van der Waals surface area contributed by atoms with Crippen molar-refractivity contribution in [3.05, 3.63) is 65.2 Å². The van der Waals surface area contributed by atoms with E-state index >= 15 is 0 Å². The van der Waals surface area contributed by atoms with Gasteiger partial charge in [0.25, 0.3) is 5.91 Å². The Hall–Kier alpha value is -2.82. The van der Waals surface area contributed by atoms with Crippen LogP contribution in [-0.2, 0) is 17.8 Å². The monoisotopic (exact) mass is 394 g/mol. The summed E-state index contributed by atoms with van der Waals surface area (Å²) in [5, 5.41) is 2.98. The fourth-order valence-electron chi connectivity index (χ4n) is 3.50. The number of aryl methyl sites for hydroxylation is 1. The highest BCUT2D eigenvalue weighted by atomic mass is 16.5. The van der Waals surface area contributed by atoms with Gasteiger partial charge in [0.1, 0.15) is 5.75 Å². The first kappa shape index (κ1) is 20.9. The third-order valence-corrected chi connectivity index (χ3v) is 4.96. The second-order valence-corrected chi connectivity index (χ2v) is 7.79. The second-order valence-electron chi connectivity index (χ2n) is 7.79. The first-order chi connectivity index (χ1) is 14.0. The van der Waals surface area contributed by atoms with E-state index in [-0.39, 0.29) is 17.9 Å². The minimum Gasteiger partial charge on any atom is -0.491 e. The Morgan fingerprint density at radius 1 is 1.14 bits per heavy atom. The van der Waals surface area contributed by atoms with Gasteiger partial charge >= 0.3 is 0 Å². The van der Waals surface area contributed by atoms with E-state index in [1.807, 2.05) is 55.1 Å². The predicted molar refractivity (Wildman–Crippen MR) is 114 cm³/mol. The molecule has 2 aromatic carbocycles. The van der Waals surface area contributed by atoms with E-state index in [0.717, 1.165) is 37.1 Å². The Morgan fingerprint density at radius 3 is 2.62 bits per heavy atom. The number of carbonyl (C=O) groups excluding carboxylic acids is 2. The van der Waals surface area contributed by atoms with E-state index < -0.39 is 0 Å².